The van der Waals surface area contributed by atoms with E-state index in [0.717, 1.165) is 16.1 Å². The number of fused-ring (bicyclic) bond motifs is 2. The predicted octanol–water partition coefficient (Wildman–Crippen LogP) is 4.34. The van der Waals surface area contributed by atoms with Gasteiger partial charge < -0.3 is 16.4 Å². The molecule has 0 bridgehead atoms. The van der Waals surface area contributed by atoms with Crippen LogP contribution in [0.1, 0.15) is 41.5 Å². The zero-order chi connectivity index (χ0) is 26.9. The molecule has 1 aliphatic rings. The summed E-state index contributed by atoms with van der Waals surface area (Å²) in [4.78, 5) is 52.1. The van der Waals surface area contributed by atoms with Crippen LogP contribution < -0.4 is 16.4 Å². The van der Waals surface area contributed by atoms with Gasteiger partial charge in [0.2, 0.25) is 0 Å². The van der Waals surface area contributed by atoms with Crippen molar-refractivity contribution < 1.29 is 14.4 Å². The average molecular weight is 536 g/mol. The average Bonchev–Trinajstić information content (AvgIpc) is 3.49. The number of anilines is 3. The van der Waals surface area contributed by atoms with Gasteiger partial charge in [0.25, 0.3) is 17.7 Å². The van der Waals surface area contributed by atoms with Crippen LogP contribution >= 0.6 is 11.3 Å². The minimum atomic E-state index is -0.543. The summed E-state index contributed by atoms with van der Waals surface area (Å²) in [5.41, 5.74) is 9.00. The smallest absolute Gasteiger partial charge is 0.261 e. The summed E-state index contributed by atoms with van der Waals surface area (Å²) in [6.45, 7) is 0.644. The topological polar surface area (TPSA) is 143 Å². The second-order valence-electron chi connectivity index (χ2n) is 8.84. The second-order valence-corrected chi connectivity index (χ2v) is 9.96. The van der Waals surface area contributed by atoms with Crippen molar-refractivity contribution in [2.45, 2.75) is 13.1 Å². The molecule has 0 saturated carbocycles. The third kappa shape index (κ3) is 4.66. The first kappa shape index (κ1) is 24.2. The minimum absolute atomic E-state index is 0.167. The summed E-state index contributed by atoms with van der Waals surface area (Å²) >= 11 is 1.38. The van der Waals surface area contributed by atoms with Crippen molar-refractivity contribution in [1.82, 2.24) is 19.9 Å². The van der Waals surface area contributed by atoms with E-state index in [1.807, 2.05) is 30.3 Å². The largest absolute Gasteiger partial charge is 0.366 e. The first-order valence-electron chi connectivity index (χ1n) is 12.0. The number of imide groups is 1. The van der Waals surface area contributed by atoms with Crippen molar-refractivity contribution in [2.24, 2.45) is 5.73 Å². The first-order chi connectivity index (χ1) is 19.0. The Bertz CT molecular complexity index is 1730. The summed E-state index contributed by atoms with van der Waals surface area (Å²) < 4.78 is 0. The normalized spacial score (nSPS) is 12.6. The standard InChI is InChI=1S/C28H21N7O3S/c29-24(36)21-9-4-10-22-23(21)32-15-33-25(22)30-12-16-5-3-6-17(11-16)34-28-31-13-18(39-28)14-35-26(37)19-7-1-2-8-20(19)27(35)38/h1-11,13,15H,12,14H2,(H2,29,36)(H,31,34)(H,30,32,33). The summed E-state index contributed by atoms with van der Waals surface area (Å²) in [6, 6.07) is 19.9. The number of hydrogen-bond donors (Lipinski definition) is 3. The van der Waals surface area contributed by atoms with Crippen LogP contribution in [0.5, 0.6) is 0 Å². The van der Waals surface area contributed by atoms with Crippen LogP contribution in [-0.4, -0.2) is 37.6 Å². The Hall–Kier alpha value is -5.16. The van der Waals surface area contributed by atoms with E-state index in [9.17, 15) is 14.4 Å². The lowest BCUT2D eigenvalue weighted by Crippen LogP contribution is -2.28. The second kappa shape index (κ2) is 9.95. The van der Waals surface area contributed by atoms with Gasteiger partial charge >= 0.3 is 0 Å². The lowest BCUT2D eigenvalue weighted by molar-refractivity contribution is 0.0643. The number of benzene rings is 3. The maximum Gasteiger partial charge on any atom is 0.261 e. The van der Waals surface area contributed by atoms with Crippen molar-refractivity contribution in [3.63, 3.8) is 0 Å². The SMILES string of the molecule is NC(=O)c1cccc2c(NCc3cccc(Nc4ncc(CN5C(=O)c6ccccc6C5=O)s4)c3)ncnc12. The van der Waals surface area contributed by atoms with Gasteiger partial charge in [-0.1, -0.05) is 41.7 Å². The zero-order valence-electron chi connectivity index (χ0n) is 20.4. The predicted molar refractivity (Wildman–Crippen MR) is 148 cm³/mol. The Labute approximate surface area is 226 Å². The van der Waals surface area contributed by atoms with Gasteiger partial charge in [0.15, 0.2) is 5.13 Å². The van der Waals surface area contributed by atoms with Gasteiger partial charge in [0.05, 0.1) is 28.8 Å². The van der Waals surface area contributed by atoms with E-state index < -0.39 is 5.91 Å². The van der Waals surface area contributed by atoms with Crippen LogP contribution in [0.15, 0.2) is 79.3 Å². The van der Waals surface area contributed by atoms with E-state index in [4.69, 9.17) is 5.73 Å². The van der Waals surface area contributed by atoms with Gasteiger partial charge in [0.1, 0.15) is 12.1 Å². The number of thiazole rings is 1. The zero-order valence-corrected chi connectivity index (χ0v) is 21.2. The molecule has 3 heterocycles. The van der Waals surface area contributed by atoms with Gasteiger partial charge in [0, 0.05) is 28.7 Å². The fraction of sp³-hybridized carbons (Fsp3) is 0.0714. The molecule has 11 heteroatoms. The molecule has 0 spiro atoms. The highest BCUT2D eigenvalue weighted by atomic mass is 32.1. The Morgan fingerprint density at radius 3 is 2.46 bits per heavy atom. The summed E-state index contributed by atoms with van der Waals surface area (Å²) in [5, 5.41) is 7.95. The van der Waals surface area contributed by atoms with Crippen molar-refractivity contribution in [3.8, 4) is 0 Å². The van der Waals surface area contributed by atoms with E-state index in [1.165, 1.54) is 22.6 Å². The molecule has 3 amide bonds. The Balaban J connectivity index is 1.13. The van der Waals surface area contributed by atoms with Crippen LogP contribution in [0.2, 0.25) is 0 Å². The lowest BCUT2D eigenvalue weighted by atomic mass is 10.1. The fourth-order valence-corrected chi connectivity index (χ4v) is 5.29. The molecule has 0 aliphatic carbocycles. The maximum absolute atomic E-state index is 12.7. The van der Waals surface area contributed by atoms with E-state index in [-0.39, 0.29) is 18.4 Å². The van der Waals surface area contributed by atoms with Gasteiger partial charge in [-0.15, -0.1) is 0 Å². The molecule has 5 aromatic rings. The summed E-state index contributed by atoms with van der Waals surface area (Å²) in [6.07, 6.45) is 3.07. The number of carbonyl (C=O) groups excluding carboxylic acids is 3. The molecular formula is C28H21N7O3S. The Morgan fingerprint density at radius 2 is 1.69 bits per heavy atom. The van der Waals surface area contributed by atoms with Gasteiger partial charge in [-0.2, -0.15) is 0 Å². The third-order valence-electron chi connectivity index (χ3n) is 6.31. The number of nitrogens with one attached hydrogen (secondary N) is 2. The van der Waals surface area contributed by atoms with Gasteiger partial charge in [-0.25, -0.2) is 15.0 Å². The number of para-hydroxylation sites is 1. The number of rotatable bonds is 8. The molecule has 39 heavy (non-hydrogen) atoms. The first-order valence-corrected chi connectivity index (χ1v) is 12.8. The fourth-order valence-electron chi connectivity index (χ4n) is 4.47. The molecule has 2 aromatic heterocycles. The molecule has 0 unspecified atom stereocenters. The van der Waals surface area contributed by atoms with Crippen LogP contribution in [0.3, 0.4) is 0 Å². The van der Waals surface area contributed by atoms with Crippen molar-refractivity contribution in [2.75, 3.05) is 10.6 Å². The molecular weight excluding hydrogens is 514 g/mol. The number of amides is 3. The maximum atomic E-state index is 12.7. The molecule has 0 saturated heterocycles. The Kier molecular flexibility index (Phi) is 6.17. The highest BCUT2D eigenvalue weighted by molar-refractivity contribution is 7.15. The van der Waals surface area contributed by atoms with Crippen LogP contribution in [0.25, 0.3) is 10.9 Å². The molecule has 3 aromatic carbocycles. The van der Waals surface area contributed by atoms with Crippen LogP contribution in [0.4, 0.5) is 16.6 Å². The number of nitrogens with two attached hydrogens (primary N) is 1. The van der Waals surface area contributed by atoms with E-state index in [2.05, 4.69) is 25.6 Å². The molecule has 0 atom stereocenters. The van der Waals surface area contributed by atoms with Crippen molar-refractivity contribution in [1.29, 1.82) is 0 Å². The molecule has 192 valence electrons. The van der Waals surface area contributed by atoms with E-state index >= 15 is 0 Å². The molecule has 6 rings (SSSR count). The van der Waals surface area contributed by atoms with Crippen LogP contribution in [0, 0.1) is 0 Å². The minimum Gasteiger partial charge on any atom is -0.366 e. The molecule has 4 N–H and O–H groups in total. The van der Waals surface area contributed by atoms with E-state index in [0.29, 0.717) is 45.1 Å². The summed E-state index contributed by atoms with van der Waals surface area (Å²) in [7, 11) is 0. The molecule has 1 aliphatic heterocycles. The Morgan fingerprint density at radius 1 is 0.923 bits per heavy atom. The van der Waals surface area contributed by atoms with Gasteiger partial charge in [-0.05, 0) is 42.0 Å². The summed E-state index contributed by atoms with van der Waals surface area (Å²) in [5.74, 6) is -0.528. The van der Waals surface area contributed by atoms with Crippen molar-refractivity contribution in [3.05, 3.63) is 106 Å². The van der Waals surface area contributed by atoms with Crippen LogP contribution in [-0.2, 0) is 13.1 Å². The van der Waals surface area contributed by atoms with Crippen molar-refractivity contribution >= 4 is 56.6 Å². The quantitative estimate of drug-likeness (QED) is 0.249. The van der Waals surface area contributed by atoms with E-state index in [1.54, 1.807) is 42.6 Å². The molecule has 0 fully saturated rings. The number of hydrogen-bond acceptors (Lipinski definition) is 9. The number of primary amides is 1. The highest BCUT2D eigenvalue weighted by Gasteiger charge is 2.35. The number of aromatic nitrogens is 3. The number of nitrogens with zero attached hydrogens (tertiary/aromatic N) is 4. The monoisotopic (exact) mass is 535 g/mol. The number of carbonyl (C=O) groups is 3. The lowest BCUT2D eigenvalue weighted by Gasteiger charge is -2.12. The third-order valence-corrected chi connectivity index (χ3v) is 7.21. The van der Waals surface area contributed by atoms with Gasteiger partial charge in [-0.3, -0.25) is 19.3 Å². The highest BCUT2D eigenvalue weighted by Crippen LogP contribution is 2.29. The molecule has 10 nitrogen and oxygen atoms in total. The molecule has 0 radical (unpaired) electrons.